The van der Waals surface area contributed by atoms with Gasteiger partial charge in [0, 0.05) is 37.2 Å². The number of aliphatic hydroxyl groups is 1. The Balaban J connectivity index is 2.83. The summed E-state index contributed by atoms with van der Waals surface area (Å²) in [6.07, 6.45) is 5.82. The summed E-state index contributed by atoms with van der Waals surface area (Å²) >= 11 is 1.11. The Labute approximate surface area is 152 Å². The summed E-state index contributed by atoms with van der Waals surface area (Å²) in [4.78, 5) is 29.0. The fraction of sp³-hybridized carbons (Fsp3) is 0.611. The molecule has 0 unspecified atom stereocenters. The van der Waals surface area contributed by atoms with E-state index in [0.29, 0.717) is 11.4 Å². The Bertz CT molecular complexity index is 635. The third-order valence-corrected chi connectivity index (χ3v) is 5.25. The summed E-state index contributed by atoms with van der Waals surface area (Å²) in [7, 11) is 1.72. The molecule has 138 valence electrons. The Hall–Kier alpha value is -1.91. The van der Waals surface area contributed by atoms with Crippen molar-refractivity contribution in [3.05, 3.63) is 16.1 Å². The highest BCUT2D eigenvalue weighted by Crippen LogP contribution is 2.27. The van der Waals surface area contributed by atoms with Crippen molar-refractivity contribution in [2.45, 2.75) is 52.2 Å². The number of amides is 1. The molecule has 6 nitrogen and oxygen atoms in total. The van der Waals surface area contributed by atoms with Crippen LogP contribution in [0.3, 0.4) is 0 Å². The average molecular weight is 366 g/mol. The molecule has 0 aliphatic carbocycles. The maximum atomic E-state index is 12.5. The van der Waals surface area contributed by atoms with E-state index in [-0.39, 0.29) is 35.9 Å². The minimum Gasteiger partial charge on any atom is -0.476 e. The van der Waals surface area contributed by atoms with Crippen molar-refractivity contribution in [2.75, 3.05) is 7.05 Å². The Morgan fingerprint density at radius 3 is 2.52 bits per heavy atom. The van der Waals surface area contributed by atoms with Crippen LogP contribution in [0.25, 0.3) is 0 Å². The van der Waals surface area contributed by atoms with Crippen LogP contribution in [0.1, 0.15) is 61.6 Å². The first-order chi connectivity index (χ1) is 11.7. The third kappa shape index (κ3) is 5.83. The van der Waals surface area contributed by atoms with E-state index < -0.39 is 12.1 Å². The molecule has 0 aliphatic heterocycles. The topological polar surface area (TPSA) is 90.7 Å². The maximum absolute atomic E-state index is 12.5. The summed E-state index contributed by atoms with van der Waals surface area (Å²) in [6.45, 7) is 5.90. The molecule has 1 aromatic heterocycles. The van der Waals surface area contributed by atoms with Crippen molar-refractivity contribution in [3.8, 4) is 12.3 Å². The van der Waals surface area contributed by atoms with Crippen LogP contribution in [0.5, 0.6) is 0 Å². The molecule has 7 heteroatoms. The number of terminal acetylenes is 1. The highest BCUT2D eigenvalue weighted by molar-refractivity contribution is 7.09. The van der Waals surface area contributed by atoms with Gasteiger partial charge in [-0.1, -0.05) is 20.8 Å². The molecule has 1 heterocycles. The number of carboxylic acids is 1. The second-order valence-electron chi connectivity index (χ2n) is 6.42. The molecule has 0 spiro atoms. The summed E-state index contributed by atoms with van der Waals surface area (Å²) in [6, 6.07) is -0.199. The van der Waals surface area contributed by atoms with E-state index in [1.165, 1.54) is 5.38 Å². The Kier molecular flexibility index (Phi) is 8.07. The van der Waals surface area contributed by atoms with Gasteiger partial charge >= 0.3 is 5.97 Å². The number of aliphatic hydroxyl groups excluding tert-OH is 1. The van der Waals surface area contributed by atoms with Crippen molar-refractivity contribution in [1.82, 2.24) is 9.88 Å². The largest absolute Gasteiger partial charge is 0.476 e. The molecule has 2 N–H and O–H groups in total. The number of nitrogens with zero attached hydrogens (tertiary/aromatic N) is 2. The molecule has 0 radical (unpaired) electrons. The van der Waals surface area contributed by atoms with Gasteiger partial charge in [0.15, 0.2) is 5.69 Å². The van der Waals surface area contributed by atoms with Crippen LogP contribution in [0.15, 0.2) is 5.38 Å². The number of aromatic nitrogens is 1. The number of carbonyl (C=O) groups is 2. The van der Waals surface area contributed by atoms with Crippen molar-refractivity contribution < 1.29 is 19.8 Å². The number of hydrogen-bond donors (Lipinski definition) is 2. The van der Waals surface area contributed by atoms with E-state index in [1.54, 1.807) is 11.9 Å². The van der Waals surface area contributed by atoms with Crippen LogP contribution in [0.4, 0.5) is 0 Å². The smallest absolute Gasteiger partial charge is 0.355 e. The minimum atomic E-state index is -1.12. The first-order valence-electron chi connectivity index (χ1n) is 8.29. The quantitative estimate of drug-likeness (QED) is 0.656. The molecule has 25 heavy (non-hydrogen) atoms. The van der Waals surface area contributed by atoms with Gasteiger partial charge < -0.3 is 15.1 Å². The first kappa shape index (κ1) is 21.1. The molecule has 0 bridgehead atoms. The number of rotatable bonds is 9. The predicted octanol–water partition coefficient (Wildman–Crippen LogP) is 2.80. The summed E-state index contributed by atoms with van der Waals surface area (Å²) in [5.41, 5.74) is -0.0793. The van der Waals surface area contributed by atoms with E-state index in [2.05, 4.69) is 10.9 Å². The Morgan fingerprint density at radius 1 is 1.44 bits per heavy atom. The standard InChI is InChI=1S/C18H26N2O4S/c1-6-12(7-2)8-16(22)20(5)14(11(3)4)9-15(21)17-19-13(10-25-17)18(23)24/h1,10-12,14-15,21H,7-9H2,2-5H3,(H,23,24)/t12-,14+,15+/m0/s1. The predicted molar refractivity (Wildman–Crippen MR) is 97.3 cm³/mol. The molecule has 0 aromatic carbocycles. The van der Waals surface area contributed by atoms with Crippen LogP contribution in [-0.4, -0.2) is 45.1 Å². The fourth-order valence-corrected chi connectivity index (χ4v) is 3.40. The zero-order valence-corrected chi connectivity index (χ0v) is 15.9. The molecule has 1 amide bonds. The number of aromatic carboxylic acids is 1. The first-order valence-corrected chi connectivity index (χ1v) is 9.17. The molecular formula is C18H26N2O4S. The normalized spacial score (nSPS) is 14.6. The van der Waals surface area contributed by atoms with Gasteiger partial charge in [-0.15, -0.1) is 23.7 Å². The van der Waals surface area contributed by atoms with E-state index in [4.69, 9.17) is 11.5 Å². The van der Waals surface area contributed by atoms with Gasteiger partial charge in [0.25, 0.3) is 0 Å². The summed E-state index contributed by atoms with van der Waals surface area (Å²) < 4.78 is 0. The monoisotopic (exact) mass is 366 g/mol. The van der Waals surface area contributed by atoms with E-state index in [0.717, 1.165) is 17.8 Å². The Morgan fingerprint density at radius 2 is 2.08 bits per heavy atom. The van der Waals surface area contributed by atoms with Crippen molar-refractivity contribution in [1.29, 1.82) is 0 Å². The lowest BCUT2D eigenvalue weighted by Crippen LogP contribution is -2.42. The lowest BCUT2D eigenvalue weighted by Gasteiger charge is -2.33. The highest BCUT2D eigenvalue weighted by Gasteiger charge is 2.28. The third-order valence-electron chi connectivity index (χ3n) is 4.30. The number of carboxylic acid groups (broad SMARTS) is 1. The van der Waals surface area contributed by atoms with Crippen LogP contribution < -0.4 is 0 Å². The molecule has 3 atom stereocenters. The molecule has 1 rings (SSSR count). The van der Waals surface area contributed by atoms with Gasteiger partial charge in [-0.3, -0.25) is 4.79 Å². The van der Waals surface area contributed by atoms with Crippen LogP contribution in [0.2, 0.25) is 0 Å². The molecule has 1 aromatic rings. The van der Waals surface area contributed by atoms with Crippen LogP contribution in [-0.2, 0) is 4.79 Å². The van der Waals surface area contributed by atoms with Gasteiger partial charge in [-0.05, 0) is 12.3 Å². The van der Waals surface area contributed by atoms with Gasteiger partial charge in [0.05, 0.1) is 0 Å². The maximum Gasteiger partial charge on any atom is 0.355 e. The van der Waals surface area contributed by atoms with Gasteiger partial charge in [-0.2, -0.15) is 0 Å². The van der Waals surface area contributed by atoms with E-state index in [1.807, 2.05) is 20.8 Å². The second kappa shape index (κ2) is 9.54. The molecule has 0 fully saturated rings. The zero-order chi connectivity index (χ0) is 19.1. The van der Waals surface area contributed by atoms with Crippen LogP contribution >= 0.6 is 11.3 Å². The lowest BCUT2D eigenvalue weighted by molar-refractivity contribution is -0.134. The van der Waals surface area contributed by atoms with Crippen molar-refractivity contribution in [2.24, 2.45) is 11.8 Å². The fourth-order valence-electron chi connectivity index (χ4n) is 2.61. The molecule has 0 aliphatic rings. The SMILES string of the molecule is C#C[C@@H](CC)CC(=O)N(C)[C@H](C[C@@H](O)c1nc(C(=O)O)cs1)C(C)C. The summed E-state index contributed by atoms with van der Waals surface area (Å²) in [5, 5.41) is 21.1. The zero-order valence-electron chi connectivity index (χ0n) is 15.1. The van der Waals surface area contributed by atoms with E-state index in [9.17, 15) is 14.7 Å². The number of hydrogen-bond acceptors (Lipinski definition) is 5. The second-order valence-corrected chi connectivity index (χ2v) is 7.31. The van der Waals surface area contributed by atoms with Gasteiger partial charge in [0.1, 0.15) is 11.1 Å². The highest BCUT2D eigenvalue weighted by atomic mass is 32.1. The van der Waals surface area contributed by atoms with Gasteiger partial charge in [-0.25, -0.2) is 9.78 Å². The van der Waals surface area contributed by atoms with Crippen molar-refractivity contribution >= 4 is 23.2 Å². The van der Waals surface area contributed by atoms with Crippen molar-refractivity contribution in [3.63, 3.8) is 0 Å². The lowest BCUT2D eigenvalue weighted by atomic mass is 9.95. The molecule has 0 saturated heterocycles. The van der Waals surface area contributed by atoms with E-state index >= 15 is 0 Å². The summed E-state index contributed by atoms with van der Waals surface area (Å²) in [5.74, 6) is 1.47. The number of carbonyl (C=O) groups excluding carboxylic acids is 1. The van der Waals surface area contributed by atoms with Crippen LogP contribution in [0, 0.1) is 24.2 Å². The molecular weight excluding hydrogens is 340 g/mol. The van der Waals surface area contributed by atoms with Gasteiger partial charge in [0.2, 0.25) is 5.91 Å². The number of thiazole rings is 1. The molecule has 0 saturated carbocycles. The average Bonchev–Trinajstić information content (AvgIpc) is 3.06. The minimum absolute atomic E-state index is 0.0546.